The number of hydrogen-bond acceptors (Lipinski definition) is 8. The molecule has 0 saturated heterocycles. The van der Waals surface area contributed by atoms with Crippen LogP contribution in [0.4, 0.5) is 5.82 Å². The second kappa shape index (κ2) is 7.99. The second-order valence-corrected chi connectivity index (χ2v) is 6.84. The van der Waals surface area contributed by atoms with E-state index in [0.717, 1.165) is 12.0 Å². The third-order valence-corrected chi connectivity index (χ3v) is 4.15. The highest BCUT2D eigenvalue weighted by atomic mass is 16.6. The second-order valence-electron chi connectivity index (χ2n) is 6.84. The average Bonchev–Trinajstić information content (AvgIpc) is 3.24. The number of rotatable bonds is 6. The minimum atomic E-state index is -0.491. The number of nitrogens with one attached hydrogen (secondary N) is 1. The molecular weight excluding hydrogens is 360 g/mol. The number of nitrogens with zero attached hydrogens (tertiary/aromatic N) is 6. The van der Waals surface area contributed by atoms with Gasteiger partial charge >= 0.3 is 0 Å². The van der Waals surface area contributed by atoms with E-state index in [1.165, 1.54) is 10.2 Å². The maximum absolute atomic E-state index is 12.4. The van der Waals surface area contributed by atoms with Crippen LogP contribution in [0.25, 0.3) is 5.82 Å². The molecule has 0 aliphatic carbocycles. The third kappa shape index (κ3) is 4.05. The SMILES string of the molecule is CC(=NNC(=O)c1nnn(-c2nonc2N)c1C)c1ccc(CC(C)C)cc1. The van der Waals surface area contributed by atoms with Crippen molar-refractivity contribution in [2.75, 3.05) is 5.73 Å². The van der Waals surface area contributed by atoms with Gasteiger partial charge in [0.1, 0.15) is 0 Å². The van der Waals surface area contributed by atoms with Gasteiger partial charge in [-0.25, -0.2) is 10.1 Å². The van der Waals surface area contributed by atoms with Gasteiger partial charge in [-0.05, 0) is 47.6 Å². The van der Waals surface area contributed by atoms with Gasteiger partial charge in [0.15, 0.2) is 5.69 Å². The van der Waals surface area contributed by atoms with E-state index in [9.17, 15) is 4.79 Å². The number of carbonyl (C=O) groups excluding carboxylic acids is 1. The van der Waals surface area contributed by atoms with Crippen LogP contribution in [-0.4, -0.2) is 36.9 Å². The molecule has 2 aromatic heterocycles. The number of hydrazone groups is 1. The van der Waals surface area contributed by atoms with Crippen molar-refractivity contribution < 1.29 is 9.42 Å². The molecule has 0 fully saturated rings. The summed E-state index contributed by atoms with van der Waals surface area (Å²) in [6, 6.07) is 8.12. The van der Waals surface area contributed by atoms with Gasteiger partial charge < -0.3 is 5.73 Å². The Kier molecular flexibility index (Phi) is 5.48. The highest BCUT2D eigenvalue weighted by molar-refractivity contribution is 6.00. The van der Waals surface area contributed by atoms with Gasteiger partial charge in [-0.15, -0.1) is 5.10 Å². The van der Waals surface area contributed by atoms with Gasteiger partial charge in [0, 0.05) is 0 Å². The summed E-state index contributed by atoms with van der Waals surface area (Å²) in [5, 5.41) is 19.0. The number of aromatic nitrogens is 5. The summed E-state index contributed by atoms with van der Waals surface area (Å²) in [4.78, 5) is 12.4. The number of nitrogens with two attached hydrogens (primary N) is 1. The number of carbonyl (C=O) groups is 1. The predicted octanol–water partition coefficient (Wildman–Crippen LogP) is 1.89. The Morgan fingerprint density at radius 1 is 1.29 bits per heavy atom. The number of nitrogen functional groups attached to an aromatic ring is 1. The largest absolute Gasteiger partial charge is 0.378 e. The van der Waals surface area contributed by atoms with Crippen LogP contribution in [0.2, 0.25) is 0 Å². The van der Waals surface area contributed by atoms with Gasteiger partial charge in [0.25, 0.3) is 5.91 Å². The van der Waals surface area contributed by atoms with Crippen molar-refractivity contribution in [3.63, 3.8) is 0 Å². The zero-order valence-electron chi connectivity index (χ0n) is 16.2. The van der Waals surface area contributed by atoms with Crippen LogP contribution in [-0.2, 0) is 6.42 Å². The number of amides is 1. The van der Waals surface area contributed by atoms with Crippen LogP contribution < -0.4 is 11.2 Å². The Morgan fingerprint density at radius 3 is 2.61 bits per heavy atom. The molecule has 0 spiro atoms. The molecule has 10 heteroatoms. The monoisotopic (exact) mass is 382 g/mol. The summed E-state index contributed by atoms with van der Waals surface area (Å²) in [6.07, 6.45) is 1.02. The van der Waals surface area contributed by atoms with E-state index in [1.54, 1.807) is 6.92 Å². The van der Waals surface area contributed by atoms with E-state index in [0.29, 0.717) is 17.3 Å². The zero-order chi connectivity index (χ0) is 20.3. The summed E-state index contributed by atoms with van der Waals surface area (Å²) in [6.45, 7) is 7.85. The van der Waals surface area contributed by atoms with Crippen molar-refractivity contribution in [2.24, 2.45) is 11.0 Å². The van der Waals surface area contributed by atoms with Crippen LogP contribution >= 0.6 is 0 Å². The van der Waals surface area contributed by atoms with Gasteiger partial charge in [-0.2, -0.15) is 9.78 Å². The maximum Gasteiger partial charge on any atom is 0.293 e. The molecule has 28 heavy (non-hydrogen) atoms. The van der Waals surface area contributed by atoms with Crippen molar-refractivity contribution in [1.82, 2.24) is 30.7 Å². The fourth-order valence-electron chi connectivity index (χ4n) is 2.68. The minimum absolute atomic E-state index is 0.0507. The van der Waals surface area contributed by atoms with E-state index in [2.05, 4.69) is 61.8 Å². The molecule has 0 atom stereocenters. The molecular formula is C18H22N8O2. The molecule has 3 aromatic rings. The summed E-state index contributed by atoms with van der Waals surface area (Å²) in [5.74, 6) is 0.328. The highest BCUT2D eigenvalue weighted by Crippen LogP contribution is 2.14. The number of anilines is 1. The highest BCUT2D eigenvalue weighted by Gasteiger charge is 2.20. The Bertz CT molecular complexity index is 1000. The summed E-state index contributed by atoms with van der Waals surface area (Å²) < 4.78 is 5.83. The normalized spacial score (nSPS) is 11.8. The molecule has 0 aliphatic rings. The van der Waals surface area contributed by atoms with Crippen molar-refractivity contribution in [3.8, 4) is 5.82 Å². The van der Waals surface area contributed by atoms with E-state index in [4.69, 9.17) is 5.73 Å². The van der Waals surface area contributed by atoms with Crippen molar-refractivity contribution in [3.05, 3.63) is 46.8 Å². The Labute approximate surface area is 161 Å². The molecule has 3 rings (SSSR count). The summed E-state index contributed by atoms with van der Waals surface area (Å²) in [5.41, 5.74) is 11.6. The maximum atomic E-state index is 12.4. The quantitative estimate of drug-likeness (QED) is 0.490. The summed E-state index contributed by atoms with van der Waals surface area (Å²) >= 11 is 0. The molecule has 0 aliphatic heterocycles. The Hall–Kier alpha value is -3.56. The molecule has 10 nitrogen and oxygen atoms in total. The standard InChI is InChI=1S/C18H22N8O2/c1-10(2)9-13-5-7-14(8-6-13)11(3)20-22-18(27)15-12(4)26(25-21-15)17-16(19)23-28-24-17/h5-8,10H,9H2,1-4H3,(H2,19,23)(H,22,27). The smallest absolute Gasteiger partial charge is 0.293 e. The van der Waals surface area contributed by atoms with Gasteiger partial charge in [0.05, 0.1) is 11.4 Å². The lowest BCUT2D eigenvalue weighted by Gasteiger charge is -2.06. The Morgan fingerprint density at radius 2 is 2.00 bits per heavy atom. The first-order valence-corrected chi connectivity index (χ1v) is 8.81. The first kappa shape index (κ1) is 19.2. The number of hydrogen-bond donors (Lipinski definition) is 2. The first-order valence-electron chi connectivity index (χ1n) is 8.81. The average molecular weight is 382 g/mol. The number of benzene rings is 1. The van der Waals surface area contributed by atoms with Crippen LogP contribution in [0, 0.1) is 12.8 Å². The van der Waals surface area contributed by atoms with Crippen LogP contribution in [0.15, 0.2) is 34.0 Å². The predicted molar refractivity (Wildman–Crippen MR) is 103 cm³/mol. The molecule has 1 aromatic carbocycles. The van der Waals surface area contributed by atoms with E-state index in [-0.39, 0.29) is 17.3 Å². The first-order chi connectivity index (χ1) is 13.4. The molecule has 3 N–H and O–H groups in total. The van der Waals surface area contributed by atoms with Crippen molar-refractivity contribution in [1.29, 1.82) is 0 Å². The molecule has 0 bridgehead atoms. The molecule has 0 unspecified atom stereocenters. The van der Waals surface area contributed by atoms with Gasteiger partial charge in [-0.3, -0.25) is 4.79 Å². The Balaban J connectivity index is 1.71. The van der Waals surface area contributed by atoms with Crippen LogP contribution in [0.3, 0.4) is 0 Å². The lowest BCUT2D eigenvalue weighted by molar-refractivity contribution is 0.0949. The minimum Gasteiger partial charge on any atom is -0.378 e. The fraction of sp³-hybridized carbons (Fsp3) is 0.333. The van der Waals surface area contributed by atoms with Crippen LogP contribution in [0.5, 0.6) is 0 Å². The van der Waals surface area contributed by atoms with E-state index >= 15 is 0 Å². The summed E-state index contributed by atoms with van der Waals surface area (Å²) in [7, 11) is 0. The fourth-order valence-corrected chi connectivity index (χ4v) is 2.68. The lowest BCUT2D eigenvalue weighted by atomic mass is 10.0. The van der Waals surface area contributed by atoms with Gasteiger partial charge in [0.2, 0.25) is 11.6 Å². The van der Waals surface area contributed by atoms with E-state index in [1.807, 2.05) is 19.1 Å². The molecule has 146 valence electrons. The van der Waals surface area contributed by atoms with E-state index < -0.39 is 5.91 Å². The van der Waals surface area contributed by atoms with Gasteiger partial charge in [-0.1, -0.05) is 43.3 Å². The molecule has 2 heterocycles. The molecule has 1 amide bonds. The lowest BCUT2D eigenvalue weighted by Crippen LogP contribution is -2.21. The van der Waals surface area contributed by atoms with Crippen molar-refractivity contribution in [2.45, 2.75) is 34.1 Å². The molecule has 0 saturated carbocycles. The topological polar surface area (TPSA) is 137 Å². The third-order valence-electron chi connectivity index (χ3n) is 4.15. The van der Waals surface area contributed by atoms with Crippen molar-refractivity contribution >= 4 is 17.4 Å². The van der Waals surface area contributed by atoms with Crippen LogP contribution in [0.1, 0.15) is 48.1 Å². The zero-order valence-corrected chi connectivity index (χ0v) is 16.2. The molecule has 0 radical (unpaired) electrons.